The van der Waals surface area contributed by atoms with Crippen molar-refractivity contribution < 1.29 is 4.74 Å². The summed E-state index contributed by atoms with van der Waals surface area (Å²) in [4.78, 5) is 7.48. The number of H-pyrrole nitrogens is 1. The average Bonchev–Trinajstić information content (AvgIpc) is 2.82. The molecule has 0 spiro atoms. The normalized spacial score (nSPS) is 10.6. The standard InChI is InChI=1S/C14H12N2O/c1-17-14-5-3-2-4-11(14)13-8-10-9-15-7-6-12(10)16-13/h2-9,16H,1H3. The number of rotatable bonds is 2. The van der Waals surface area contributed by atoms with E-state index in [1.165, 1.54) is 0 Å². The SMILES string of the molecule is COc1ccccc1-c1cc2cnccc2[nH]1. The predicted octanol–water partition coefficient (Wildman–Crippen LogP) is 3.24. The van der Waals surface area contributed by atoms with Gasteiger partial charge in [-0.1, -0.05) is 12.1 Å². The molecule has 3 rings (SSSR count). The van der Waals surface area contributed by atoms with E-state index in [0.717, 1.165) is 27.9 Å². The summed E-state index contributed by atoms with van der Waals surface area (Å²) >= 11 is 0. The fourth-order valence-corrected chi connectivity index (χ4v) is 1.98. The lowest BCUT2D eigenvalue weighted by atomic mass is 10.1. The van der Waals surface area contributed by atoms with E-state index in [1.807, 2.05) is 36.5 Å². The molecule has 0 aliphatic carbocycles. The van der Waals surface area contributed by atoms with Gasteiger partial charge in [-0.3, -0.25) is 4.98 Å². The number of nitrogens with one attached hydrogen (secondary N) is 1. The van der Waals surface area contributed by atoms with Gasteiger partial charge in [-0.15, -0.1) is 0 Å². The summed E-state index contributed by atoms with van der Waals surface area (Å²) in [5, 5.41) is 1.11. The van der Waals surface area contributed by atoms with Crippen LogP contribution in [0.1, 0.15) is 0 Å². The zero-order valence-electron chi connectivity index (χ0n) is 9.47. The van der Waals surface area contributed by atoms with E-state index in [2.05, 4.69) is 16.0 Å². The van der Waals surface area contributed by atoms with Crippen molar-refractivity contribution in [3.8, 4) is 17.0 Å². The molecule has 84 valence electrons. The predicted molar refractivity (Wildman–Crippen MR) is 68.1 cm³/mol. The molecule has 0 aliphatic heterocycles. The van der Waals surface area contributed by atoms with Crippen LogP contribution in [0.2, 0.25) is 0 Å². The van der Waals surface area contributed by atoms with Crippen LogP contribution < -0.4 is 4.74 Å². The molecular formula is C14H12N2O. The number of para-hydroxylation sites is 1. The van der Waals surface area contributed by atoms with Gasteiger partial charge >= 0.3 is 0 Å². The fourth-order valence-electron chi connectivity index (χ4n) is 1.98. The van der Waals surface area contributed by atoms with E-state index in [0.29, 0.717) is 0 Å². The third kappa shape index (κ3) is 1.65. The van der Waals surface area contributed by atoms with Crippen molar-refractivity contribution >= 4 is 10.9 Å². The summed E-state index contributed by atoms with van der Waals surface area (Å²) in [6.07, 6.45) is 3.63. The van der Waals surface area contributed by atoms with Crippen molar-refractivity contribution in [2.75, 3.05) is 7.11 Å². The van der Waals surface area contributed by atoms with Gasteiger partial charge in [-0.2, -0.15) is 0 Å². The summed E-state index contributed by atoms with van der Waals surface area (Å²) in [5.74, 6) is 0.868. The van der Waals surface area contributed by atoms with Crippen LogP contribution in [0, 0.1) is 0 Å². The van der Waals surface area contributed by atoms with E-state index in [-0.39, 0.29) is 0 Å². The molecule has 17 heavy (non-hydrogen) atoms. The summed E-state index contributed by atoms with van der Waals surface area (Å²) < 4.78 is 5.36. The van der Waals surface area contributed by atoms with Gasteiger partial charge in [0.2, 0.25) is 0 Å². The van der Waals surface area contributed by atoms with Crippen LogP contribution in [0.4, 0.5) is 0 Å². The van der Waals surface area contributed by atoms with E-state index in [9.17, 15) is 0 Å². The van der Waals surface area contributed by atoms with Gasteiger partial charge in [-0.25, -0.2) is 0 Å². The Labute approximate surface area is 99.1 Å². The molecule has 0 saturated heterocycles. The second kappa shape index (κ2) is 3.94. The maximum Gasteiger partial charge on any atom is 0.128 e. The van der Waals surface area contributed by atoms with E-state index >= 15 is 0 Å². The maximum atomic E-state index is 5.36. The average molecular weight is 224 g/mol. The molecule has 0 saturated carbocycles. The quantitative estimate of drug-likeness (QED) is 0.725. The topological polar surface area (TPSA) is 37.9 Å². The van der Waals surface area contributed by atoms with E-state index in [1.54, 1.807) is 13.3 Å². The number of fused-ring (bicyclic) bond motifs is 1. The third-order valence-corrected chi connectivity index (χ3v) is 2.82. The van der Waals surface area contributed by atoms with Crippen LogP contribution >= 0.6 is 0 Å². The van der Waals surface area contributed by atoms with Crippen LogP contribution in [0.5, 0.6) is 5.75 Å². The Kier molecular flexibility index (Phi) is 2.29. The number of hydrogen-bond acceptors (Lipinski definition) is 2. The highest BCUT2D eigenvalue weighted by Crippen LogP contribution is 2.30. The first kappa shape index (κ1) is 9.90. The van der Waals surface area contributed by atoms with E-state index in [4.69, 9.17) is 4.74 Å². The van der Waals surface area contributed by atoms with Gasteiger partial charge in [0.1, 0.15) is 5.75 Å². The second-order valence-electron chi connectivity index (χ2n) is 3.85. The van der Waals surface area contributed by atoms with Crippen molar-refractivity contribution in [1.82, 2.24) is 9.97 Å². The Morgan fingerprint density at radius 2 is 2.06 bits per heavy atom. The number of methoxy groups -OCH3 is 1. The van der Waals surface area contributed by atoms with Crippen molar-refractivity contribution in [2.45, 2.75) is 0 Å². The number of benzene rings is 1. The van der Waals surface area contributed by atoms with Gasteiger partial charge < -0.3 is 9.72 Å². The van der Waals surface area contributed by atoms with Gasteiger partial charge in [0.15, 0.2) is 0 Å². The molecule has 0 aliphatic rings. The molecule has 0 bridgehead atoms. The highest BCUT2D eigenvalue weighted by molar-refractivity contribution is 5.86. The maximum absolute atomic E-state index is 5.36. The molecule has 0 amide bonds. The minimum Gasteiger partial charge on any atom is -0.496 e. The molecule has 0 fully saturated rings. The summed E-state index contributed by atoms with van der Waals surface area (Å²) in [5.41, 5.74) is 3.19. The smallest absolute Gasteiger partial charge is 0.128 e. The van der Waals surface area contributed by atoms with Crippen LogP contribution in [-0.4, -0.2) is 17.1 Å². The second-order valence-corrected chi connectivity index (χ2v) is 3.85. The van der Waals surface area contributed by atoms with Crippen molar-refractivity contribution in [2.24, 2.45) is 0 Å². The van der Waals surface area contributed by atoms with Gasteiger partial charge in [-0.05, 0) is 24.3 Å². The van der Waals surface area contributed by atoms with Gasteiger partial charge in [0.25, 0.3) is 0 Å². The number of aromatic nitrogens is 2. The molecule has 2 heterocycles. The number of nitrogens with zero attached hydrogens (tertiary/aromatic N) is 1. The van der Waals surface area contributed by atoms with Gasteiger partial charge in [0, 0.05) is 28.9 Å². The molecule has 1 N–H and O–H groups in total. The minimum atomic E-state index is 0.868. The number of hydrogen-bond donors (Lipinski definition) is 1. The first-order valence-corrected chi connectivity index (χ1v) is 5.44. The molecular weight excluding hydrogens is 212 g/mol. The van der Waals surface area contributed by atoms with Crippen LogP contribution in [0.3, 0.4) is 0 Å². The number of ether oxygens (including phenoxy) is 1. The molecule has 2 aromatic heterocycles. The summed E-state index contributed by atoms with van der Waals surface area (Å²) in [6, 6.07) is 12.0. The molecule has 3 nitrogen and oxygen atoms in total. The Morgan fingerprint density at radius 3 is 2.88 bits per heavy atom. The van der Waals surface area contributed by atoms with Crippen LogP contribution in [-0.2, 0) is 0 Å². The Morgan fingerprint density at radius 1 is 1.18 bits per heavy atom. The lowest BCUT2D eigenvalue weighted by Gasteiger charge is -2.05. The third-order valence-electron chi connectivity index (χ3n) is 2.82. The fraction of sp³-hybridized carbons (Fsp3) is 0.0714. The Bertz CT molecular complexity index is 625. The molecule has 0 unspecified atom stereocenters. The van der Waals surface area contributed by atoms with Gasteiger partial charge in [0.05, 0.1) is 12.8 Å². The first-order chi connectivity index (χ1) is 8.38. The zero-order chi connectivity index (χ0) is 11.7. The van der Waals surface area contributed by atoms with E-state index < -0.39 is 0 Å². The summed E-state index contributed by atoms with van der Waals surface area (Å²) in [6.45, 7) is 0. The molecule has 0 atom stereocenters. The van der Waals surface area contributed by atoms with Crippen LogP contribution in [0.15, 0.2) is 48.8 Å². The van der Waals surface area contributed by atoms with Crippen molar-refractivity contribution in [3.63, 3.8) is 0 Å². The molecule has 3 heteroatoms. The molecule has 0 radical (unpaired) electrons. The van der Waals surface area contributed by atoms with Crippen LogP contribution in [0.25, 0.3) is 22.2 Å². The lowest BCUT2D eigenvalue weighted by Crippen LogP contribution is -1.86. The Balaban J connectivity index is 2.20. The highest BCUT2D eigenvalue weighted by Gasteiger charge is 2.07. The zero-order valence-corrected chi connectivity index (χ0v) is 9.47. The Hall–Kier alpha value is -2.29. The molecule has 3 aromatic rings. The lowest BCUT2D eigenvalue weighted by molar-refractivity contribution is 0.416. The van der Waals surface area contributed by atoms with Crippen molar-refractivity contribution in [1.29, 1.82) is 0 Å². The molecule has 1 aromatic carbocycles. The van der Waals surface area contributed by atoms with Crippen molar-refractivity contribution in [3.05, 3.63) is 48.8 Å². The number of pyridine rings is 1. The minimum absolute atomic E-state index is 0.868. The monoisotopic (exact) mass is 224 g/mol. The summed E-state index contributed by atoms with van der Waals surface area (Å²) in [7, 11) is 1.68. The largest absolute Gasteiger partial charge is 0.496 e. The first-order valence-electron chi connectivity index (χ1n) is 5.44. The number of aromatic amines is 1. The highest BCUT2D eigenvalue weighted by atomic mass is 16.5.